The lowest BCUT2D eigenvalue weighted by molar-refractivity contribution is -0.0500. The summed E-state index contributed by atoms with van der Waals surface area (Å²) in [7, 11) is 0. The first-order valence-corrected chi connectivity index (χ1v) is 10.5. The van der Waals surface area contributed by atoms with Crippen molar-refractivity contribution in [2.45, 2.75) is 12.7 Å². The highest BCUT2D eigenvalue weighted by Crippen LogP contribution is 2.41. The minimum Gasteiger partial charge on any atom is -0.435 e. The molecule has 1 aliphatic rings. The van der Waals surface area contributed by atoms with E-state index in [1.54, 1.807) is 0 Å². The van der Waals surface area contributed by atoms with Gasteiger partial charge < -0.3 is 15.4 Å². The Bertz CT molecular complexity index is 1290. The molecule has 2 amide bonds. The van der Waals surface area contributed by atoms with Gasteiger partial charge >= 0.3 is 6.61 Å². The van der Waals surface area contributed by atoms with Crippen molar-refractivity contribution in [3.05, 3.63) is 91.9 Å². The van der Waals surface area contributed by atoms with Crippen LogP contribution in [-0.4, -0.2) is 18.4 Å². The number of nitrogens with one attached hydrogen (secondary N) is 2. The summed E-state index contributed by atoms with van der Waals surface area (Å²) >= 11 is 9.48. The Morgan fingerprint density at radius 2 is 1.85 bits per heavy atom. The average Bonchev–Trinajstić information content (AvgIpc) is 3.05. The second-order valence-electron chi connectivity index (χ2n) is 7.00. The number of fused-ring (bicyclic) bond motifs is 1. The number of anilines is 1. The zero-order valence-corrected chi connectivity index (χ0v) is 18.6. The fourth-order valence-corrected chi connectivity index (χ4v) is 4.21. The third-order valence-electron chi connectivity index (χ3n) is 4.83. The molecule has 0 aliphatic carbocycles. The fraction of sp³-hybridized carbons (Fsp3) is 0.0909. The Balaban J connectivity index is 1.75. The molecular formula is C22H12BrClF4N2O3. The molecule has 170 valence electrons. The van der Waals surface area contributed by atoms with Crippen LogP contribution in [0.3, 0.4) is 0 Å². The van der Waals surface area contributed by atoms with E-state index in [1.165, 1.54) is 18.2 Å². The second kappa shape index (κ2) is 9.03. The van der Waals surface area contributed by atoms with Crippen molar-refractivity contribution in [1.29, 1.82) is 0 Å². The van der Waals surface area contributed by atoms with E-state index in [0.717, 1.165) is 24.3 Å². The molecule has 0 saturated heterocycles. The monoisotopic (exact) mass is 542 g/mol. The average molecular weight is 544 g/mol. The van der Waals surface area contributed by atoms with Crippen molar-refractivity contribution in [2.75, 3.05) is 5.32 Å². The summed E-state index contributed by atoms with van der Waals surface area (Å²) in [4.78, 5) is 25.4. The predicted octanol–water partition coefficient (Wildman–Crippen LogP) is 6.07. The molecule has 0 spiro atoms. The van der Waals surface area contributed by atoms with E-state index in [9.17, 15) is 27.2 Å². The number of halogens is 6. The van der Waals surface area contributed by atoms with E-state index in [0.29, 0.717) is 16.1 Å². The maximum absolute atomic E-state index is 13.9. The number of amides is 2. The summed E-state index contributed by atoms with van der Waals surface area (Å²) in [5.74, 6) is -3.40. The summed E-state index contributed by atoms with van der Waals surface area (Å²) < 4.78 is 57.4. The normalized spacial score (nSPS) is 14.8. The molecule has 2 N–H and O–H groups in total. The van der Waals surface area contributed by atoms with Crippen LogP contribution in [0, 0.1) is 11.6 Å². The van der Waals surface area contributed by atoms with Gasteiger partial charge in [-0.15, -0.1) is 0 Å². The third-order valence-corrected chi connectivity index (χ3v) is 5.63. The minimum atomic E-state index is -3.20. The molecule has 0 saturated carbocycles. The van der Waals surface area contributed by atoms with Crippen LogP contribution in [-0.2, 0) is 0 Å². The third kappa shape index (κ3) is 4.81. The Kier molecular flexibility index (Phi) is 6.31. The lowest BCUT2D eigenvalue weighted by atomic mass is 9.96. The number of ether oxygens (including phenoxy) is 1. The highest BCUT2D eigenvalue weighted by molar-refractivity contribution is 9.10. The van der Waals surface area contributed by atoms with Crippen LogP contribution in [0.2, 0.25) is 5.02 Å². The highest BCUT2D eigenvalue weighted by atomic mass is 79.9. The van der Waals surface area contributed by atoms with E-state index < -0.39 is 41.9 Å². The molecule has 3 aromatic rings. The highest BCUT2D eigenvalue weighted by Gasteiger charge is 2.34. The molecule has 0 fully saturated rings. The Morgan fingerprint density at radius 1 is 1.09 bits per heavy atom. The van der Waals surface area contributed by atoms with Gasteiger partial charge in [0.25, 0.3) is 11.8 Å². The number of carbonyl (C=O) groups is 2. The maximum Gasteiger partial charge on any atom is 0.387 e. The van der Waals surface area contributed by atoms with Gasteiger partial charge in [-0.2, -0.15) is 8.78 Å². The number of benzene rings is 3. The minimum absolute atomic E-state index is 0.147. The molecule has 1 atom stereocenters. The van der Waals surface area contributed by atoms with Crippen molar-refractivity contribution in [1.82, 2.24) is 5.32 Å². The Morgan fingerprint density at radius 3 is 2.58 bits per heavy atom. The molecule has 33 heavy (non-hydrogen) atoms. The summed E-state index contributed by atoms with van der Waals surface area (Å²) in [5, 5.41) is 5.44. The molecule has 1 unspecified atom stereocenters. The lowest BCUT2D eigenvalue weighted by Crippen LogP contribution is -2.21. The van der Waals surface area contributed by atoms with Crippen molar-refractivity contribution < 1.29 is 31.9 Å². The molecule has 0 radical (unpaired) electrons. The number of carbonyl (C=O) groups excluding carboxylic acids is 2. The predicted molar refractivity (Wildman–Crippen MR) is 116 cm³/mol. The van der Waals surface area contributed by atoms with Gasteiger partial charge in [0.05, 0.1) is 6.04 Å². The molecule has 5 nitrogen and oxygen atoms in total. The van der Waals surface area contributed by atoms with Crippen molar-refractivity contribution in [2.24, 2.45) is 0 Å². The first-order chi connectivity index (χ1) is 15.6. The molecule has 0 bridgehead atoms. The van der Waals surface area contributed by atoms with Gasteiger partial charge in [-0.05, 0) is 42.5 Å². The largest absolute Gasteiger partial charge is 0.435 e. The van der Waals surface area contributed by atoms with Gasteiger partial charge in [0, 0.05) is 43.5 Å². The van der Waals surface area contributed by atoms with Crippen LogP contribution in [0.25, 0.3) is 0 Å². The van der Waals surface area contributed by atoms with Crippen LogP contribution in [0.5, 0.6) is 5.75 Å². The van der Waals surface area contributed by atoms with Crippen LogP contribution in [0.15, 0.2) is 53.0 Å². The van der Waals surface area contributed by atoms with E-state index in [4.69, 9.17) is 11.6 Å². The number of rotatable bonds is 5. The number of hydrogen-bond acceptors (Lipinski definition) is 3. The van der Waals surface area contributed by atoms with Gasteiger partial charge in [0.1, 0.15) is 17.4 Å². The van der Waals surface area contributed by atoms with Gasteiger partial charge in [-0.25, -0.2) is 8.78 Å². The van der Waals surface area contributed by atoms with Crippen LogP contribution < -0.4 is 15.4 Å². The van der Waals surface area contributed by atoms with Crippen LogP contribution in [0.1, 0.15) is 37.9 Å². The molecule has 1 aliphatic heterocycles. The smallest absolute Gasteiger partial charge is 0.387 e. The number of hydrogen-bond donors (Lipinski definition) is 2. The van der Waals surface area contributed by atoms with E-state index >= 15 is 0 Å². The van der Waals surface area contributed by atoms with Gasteiger partial charge in [0.15, 0.2) is 0 Å². The molecule has 4 rings (SSSR count). The molecule has 11 heteroatoms. The summed E-state index contributed by atoms with van der Waals surface area (Å²) in [6.45, 7) is -3.20. The molecule has 3 aromatic carbocycles. The SMILES string of the molecule is O=C(Nc1cc(Br)cc2c1C(c1cc(F)ccc1Cl)NC2=O)c1cc(F)cc(OC(F)F)c1. The van der Waals surface area contributed by atoms with Gasteiger partial charge in [-0.1, -0.05) is 27.5 Å². The van der Waals surface area contributed by atoms with Crippen LogP contribution >= 0.6 is 27.5 Å². The summed E-state index contributed by atoms with van der Waals surface area (Å²) in [6.07, 6.45) is 0. The molecular weight excluding hydrogens is 532 g/mol. The lowest BCUT2D eigenvalue weighted by Gasteiger charge is -2.18. The van der Waals surface area contributed by atoms with Gasteiger partial charge in [-0.3, -0.25) is 9.59 Å². The van der Waals surface area contributed by atoms with Crippen LogP contribution in [0.4, 0.5) is 23.2 Å². The zero-order chi connectivity index (χ0) is 23.9. The van der Waals surface area contributed by atoms with Crippen molar-refractivity contribution >= 4 is 45.0 Å². The first-order valence-electron chi connectivity index (χ1n) is 9.28. The standard InChI is InChI=1S/C22H12BrClF4N2O3/c23-10-5-15-18(19(30-21(15)32)14-8-11(25)1-2-16(14)24)17(6-10)29-20(31)9-3-12(26)7-13(4-9)33-22(27)28/h1-8,19,22H,(H,29,31)(H,30,32). The summed E-state index contributed by atoms with van der Waals surface area (Å²) in [5.41, 5.74) is 0.626. The van der Waals surface area contributed by atoms with Gasteiger partial charge in [0.2, 0.25) is 0 Å². The Labute approximate surface area is 197 Å². The van der Waals surface area contributed by atoms with E-state index in [2.05, 4.69) is 31.3 Å². The first kappa shape index (κ1) is 23.1. The Hall–Kier alpha value is -3.11. The topological polar surface area (TPSA) is 67.4 Å². The van der Waals surface area contributed by atoms with Crippen molar-refractivity contribution in [3.63, 3.8) is 0 Å². The summed E-state index contributed by atoms with van der Waals surface area (Å²) in [6, 6.07) is 8.30. The van der Waals surface area contributed by atoms with E-state index in [-0.39, 0.29) is 27.4 Å². The zero-order valence-electron chi connectivity index (χ0n) is 16.3. The molecule has 0 aromatic heterocycles. The van der Waals surface area contributed by atoms with E-state index in [1.807, 2.05) is 0 Å². The molecule has 1 heterocycles. The fourth-order valence-electron chi connectivity index (χ4n) is 3.53. The van der Waals surface area contributed by atoms with Crippen molar-refractivity contribution in [3.8, 4) is 5.75 Å². The second-order valence-corrected chi connectivity index (χ2v) is 8.32. The number of alkyl halides is 2. The maximum atomic E-state index is 13.9. The quantitative estimate of drug-likeness (QED) is 0.384.